The van der Waals surface area contributed by atoms with E-state index in [1.54, 1.807) is 6.07 Å². The van der Waals surface area contributed by atoms with Crippen LogP contribution in [-0.4, -0.2) is 28.8 Å². The van der Waals surface area contributed by atoms with E-state index in [-0.39, 0.29) is 5.95 Å². The van der Waals surface area contributed by atoms with Crippen LogP contribution in [0.15, 0.2) is 30.3 Å². The van der Waals surface area contributed by atoms with E-state index in [9.17, 15) is 13.2 Å². The fourth-order valence-electron chi connectivity index (χ4n) is 4.23. The van der Waals surface area contributed by atoms with Gasteiger partial charge in [-0.25, -0.2) is 4.98 Å². The summed E-state index contributed by atoms with van der Waals surface area (Å²) in [5.41, 5.74) is 5.73. The first-order valence-corrected chi connectivity index (χ1v) is 10.8. The van der Waals surface area contributed by atoms with E-state index in [2.05, 4.69) is 29.0 Å². The van der Waals surface area contributed by atoms with Gasteiger partial charge in [0, 0.05) is 18.8 Å². The number of hydrogen-bond donors (Lipinski definition) is 1. The number of fused-ring (bicyclic) bond motifs is 1. The van der Waals surface area contributed by atoms with Gasteiger partial charge in [-0.15, -0.1) is 0 Å². The molecular weight excluding hydrogens is 401 g/mol. The van der Waals surface area contributed by atoms with E-state index in [4.69, 9.17) is 0 Å². The van der Waals surface area contributed by atoms with Crippen LogP contribution < -0.4 is 10.2 Å². The SMILES string of the molecule is CCCN(CCC)c1cccc2nc(Nc3c(C)cc(C)cc3C)n(CC(F)(F)F)c12. The molecule has 2 aromatic carbocycles. The quantitative estimate of drug-likeness (QED) is 0.421. The highest BCUT2D eigenvalue weighted by atomic mass is 19.4. The van der Waals surface area contributed by atoms with Crippen molar-refractivity contribution in [2.24, 2.45) is 0 Å². The van der Waals surface area contributed by atoms with Crippen molar-refractivity contribution in [2.45, 2.75) is 60.2 Å². The second-order valence-electron chi connectivity index (χ2n) is 8.17. The summed E-state index contributed by atoms with van der Waals surface area (Å²) in [7, 11) is 0. The summed E-state index contributed by atoms with van der Waals surface area (Å²) in [4.78, 5) is 6.74. The molecule has 3 aromatic rings. The lowest BCUT2D eigenvalue weighted by atomic mass is 10.1. The lowest BCUT2D eigenvalue weighted by Gasteiger charge is -2.25. The number of aromatic nitrogens is 2. The summed E-state index contributed by atoms with van der Waals surface area (Å²) in [6, 6.07) is 9.58. The number of nitrogens with zero attached hydrogens (tertiary/aromatic N) is 3. The normalized spacial score (nSPS) is 11.9. The first-order valence-electron chi connectivity index (χ1n) is 10.8. The molecule has 0 saturated heterocycles. The molecule has 1 N–H and O–H groups in total. The van der Waals surface area contributed by atoms with E-state index in [0.29, 0.717) is 11.0 Å². The Labute approximate surface area is 182 Å². The average Bonchev–Trinajstić information content (AvgIpc) is 3.00. The van der Waals surface area contributed by atoms with Gasteiger partial charge in [-0.3, -0.25) is 4.57 Å². The molecule has 4 nitrogen and oxygen atoms in total. The minimum Gasteiger partial charge on any atom is -0.370 e. The summed E-state index contributed by atoms with van der Waals surface area (Å²) in [5, 5.41) is 3.21. The molecule has 0 aliphatic rings. The molecule has 0 spiro atoms. The molecule has 0 aliphatic carbocycles. The zero-order valence-electron chi connectivity index (χ0n) is 18.9. The molecule has 0 amide bonds. The predicted molar refractivity (Wildman–Crippen MR) is 123 cm³/mol. The van der Waals surface area contributed by atoms with Gasteiger partial charge in [0.25, 0.3) is 0 Å². The van der Waals surface area contributed by atoms with Gasteiger partial charge < -0.3 is 10.2 Å². The molecule has 0 fully saturated rings. The summed E-state index contributed by atoms with van der Waals surface area (Å²) in [6.45, 7) is 10.5. The lowest BCUT2D eigenvalue weighted by molar-refractivity contribution is -0.139. The number of hydrogen-bond acceptors (Lipinski definition) is 3. The molecule has 3 rings (SSSR count). The van der Waals surface area contributed by atoms with Crippen molar-refractivity contribution >= 4 is 28.4 Å². The minimum absolute atomic E-state index is 0.211. The first-order chi connectivity index (χ1) is 14.6. The Hall–Kier alpha value is -2.70. The number of aryl methyl sites for hydroxylation is 3. The van der Waals surface area contributed by atoms with E-state index in [0.717, 1.165) is 54.0 Å². The van der Waals surface area contributed by atoms with E-state index in [1.165, 1.54) is 4.57 Å². The van der Waals surface area contributed by atoms with Gasteiger partial charge in [-0.05, 0) is 56.9 Å². The van der Waals surface area contributed by atoms with Crippen LogP contribution >= 0.6 is 0 Å². The van der Waals surface area contributed by atoms with Crippen LogP contribution in [0, 0.1) is 20.8 Å². The van der Waals surface area contributed by atoms with Gasteiger partial charge in [0.2, 0.25) is 5.95 Å². The largest absolute Gasteiger partial charge is 0.406 e. The fourth-order valence-corrected chi connectivity index (χ4v) is 4.23. The third-order valence-corrected chi connectivity index (χ3v) is 5.32. The molecule has 0 saturated carbocycles. The van der Waals surface area contributed by atoms with Crippen molar-refractivity contribution in [3.8, 4) is 0 Å². The molecule has 1 heterocycles. The molecular formula is C24H31F3N4. The Bertz CT molecular complexity index is 1020. The number of rotatable bonds is 8. The zero-order valence-corrected chi connectivity index (χ0v) is 18.9. The van der Waals surface area contributed by atoms with Gasteiger partial charge in [-0.1, -0.05) is 37.6 Å². The number of imidazole rings is 1. The number of nitrogens with one attached hydrogen (secondary N) is 1. The van der Waals surface area contributed by atoms with Crippen LogP contribution in [0.2, 0.25) is 0 Å². The van der Waals surface area contributed by atoms with Gasteiger partial charge >= 0.3 is 6.18 Å². The Kier molecular flexibility index (Phi) is 6.82. The average molecular weight is 433 g/mol. The van der Waals surface area contributed by atoms with Crippen LogP contribution in [0.4, 0.5) is 30.5 Å². The molecule has 0 bridgehead atoms. The Balaban J connectivity index is 2.20. The predicted octanol–water partition coefficient (Wildman–Crippen LogP) is 6.89. The molecule has 31 heavy (non-hydrogen) atoms. The maximum atomic E-state index is 13.6. The van der Waals surface area contributed by atoms with Crippen molar-refractivity contribution in [1.82, 2.24) is 9.55 Å². The van der Waals surface area contributed by atoms with Gasteiger partial charge in [0.05, 0.1) is 16.7 Å². The summed E-state index contributed by atoms with van der Waals surface area (Å²) >= 11 is 0. The van der Waals surface area contributed by atoms with Crippen LogP contribution in [0.3, 0.4) is 0 Å². The molecule has 7 heteroatoms. The Morgan fingerprint density at radius 2 is 1.61 bits per heavy atom. The van der Waals surface area contributed by atoms with Crippen molar-refractivity contribution in [1.29, 1.82) is 0 Å². The molecule has 0 aliphatic heterocycles. The van der Waals surface area contributed by atoms with Crippen molar-refractivity contribution < 1.29 is 13.2 Å². The smallest absolute Gasteiger partial charge is 0.370 e. The van der Waals surface area contributed by atoms with Gasteiger partial charge in [0.15, 0.2) is 0 Å². The van der Waals surface area contributed by atoms with Crippen LogP contribution in [0.1, 0.15) is 43.4 Å². The number of benzene rings is 2. The van der Waals surface area contributed by atoms with E-state index >= 15 is 0 Å². The highest BCUT2D eigenvalue weighted by Crippen LogP contribution is 2.35. The van der Waals surface area contributed by atoms with Crippen LogP contribution in [0.5, 0.6) is 0 Å². The van der Waals surface area contributed by atoms with Gasteiger partial charge in [-0.2, -0.15) is 13.2 Å². The second-order valence-corrected chi connectivity index (χ2v) is 8.17. The maximum absolute atomic E-state index is 13.6. The van der Waals surface area contributed by atoms with Crippen molar-refractivity contribution in [3.63, 3.8) is 0 Å². The molecule has 1 aromatic heterocycles. The fraction of sp³-hybridized carbons (Fsp3) is 0.458. The van der Waals surface area contributed by atoms with Crippen molar-refractivity contribution in [2.75, 3.05) is 23.3 Å². The third kappa shape index (κ3) is 5.14. The number of para-hydroxylation sites is 1. The van der Waals surface area contributed by atoms with Crippen molar-refractivity contribution in [3.05, 3.63) is 47.0 Å². The standard InChI is InChI=1S/C24H31F3N4/c1-6-11-30(12-7-2)20-10-8-9-19-22(20)31(15-24(25,26)27)23(28-19)29-21-17(4)13-16(3)14-18(21)5/h8-10,13-14H,6-7,11-12,15H2,1-5H3,(H,28,29). The summed E-state index contributed by atoms with van der Waals surface area (Å²) < 4.78 is 42.1. The van der Waals surface area contributed by atoms with Crippen LogP contribution in [-0.2, 0) is 6.54 Å². The second kappa shape index (κ2) is 9.20. The lowest BCUT2D eigenvalue weighted by Crippen LogP contribution is -2.26. The molecule has 0 atom stereocenters. The number of anilines is 3. The Morgan fingerprint density at radius 1 is 1.00 bits per heavy atom. The van der Waals surface area contributed by atoms with E-state index < -0.39 is 12.7 Å². The summed E-state index contributed by atoms with van der Waals surface area (Å²) in [6.07, 6.45) is -2.54. The zero-order chi connectivity index (χ0) is 22.8. The first kappa shape index (κ1) is 23.0. The van der Waals surface area contributed by atoms with E-state index in [1.807, 2.05) is 45.0 Å². The highest BCUT2D eigenvalue weighted by molar-refractivity contribution is 5.92. The van der Waals surface area contributed by atoms with Gasteiger partial charge in [0.1, 0.15) is 6.54 Å². The Morgan fingerprint density at radius 3 is 2.16 bits per heavy atom. The minimum atomic E-state index is -4.37. The summed E-state index contributed by atoms with van der Waals surface area (Å²) in [5.74, 6) is 0.211. The van der Waals surface area contributed by atoms with Crippen LogP contribution in [0.25, 0.3) is 11.0 Å². The third-order valence-electron chi connectivity index (χ3n) is 5.32. The topological polar surface area (TPSA) is 33.1 Å². The maximum Gasteiger partial charge on any atom is 0.406 e. The monoisotopic (exact) mass is 432 g/mol. The molecule has 168 valence electrons. The highest BCUT2D eigenvalue weighted by Gasteiger charge is 2.31. The number of halogens is 3. The molecule has 0 unspecified atom stereocenters. The number of alkyl halides is 3. The molecule has 0 radical (unpaired) electrons.